The summed E-state index contributed by atoms with van der Waals surface area (Å²) >= 11 is 2.44. The summed E-state index contributed by atoms with van der Waals surface area (Å²) in [6, 6.07) is 17.4. The van der Waals surface area contributed by atoms with E-state index in [0.29, 0.717) is 12.1 Å². The maximum atomic E-state index is 11.9. The zero-order valence-electron chi connectivity index (χ0n) is 9.26. The monoisotopic (exact) mass is 285 g/mol. The molecule has 2 aromatic carbocycles. The Kier molecular flexibility index (Phi) is 4.00. The Morgan fingerprint density at radius 1 is 1.06 bits per heavy atom. The Morgan fingerprint density at radius 3 is 2.53 bits per heavy atom. The van der Waals surface area contributed by atoms with Gasteiger partial charge in [0.25, 0.3) is 0 Å². The molecule has 0 aliphatic carbocycles. The number of amides is 1. The van der Waals surface area contributed by atoms with Crippen LogP contribution in [0.4, 0.5) is 0 Å². The summed E-state index contributed by atoms with van der Waals surface area (Å²) in [7, 11) is 0. The fourth-order valence-corrected chi connectivity index (χ4v) is 2.00. The first-order chi connectivity index (χ1) is 8.25. The molecule has 0 heterocycles. The molecule has 0 bridgehead atoms. The Balaban J connectivity index is 1.98. The Hall–Kier alpha value is -1.53. The van der Waals surface area contributed by atoms with Gasteiger partial charge in [-0.15, -0.1) is 0 Å². The van der Waals surface area contributed by atoms with Crippen molar-refractivity contribution in [2.24, 2.45) is 0 Å². The normalized spacial score (nSPS) is 9.94. The van der Waals surface area contributed by atoms with Crippen LogP contribution in [0.5, 0.6) is 0 Å². The van der Waals surface area contributed by atoms with E-state index in [1.54, 1.807) is 0 Å². The summed E-state index contributed by atoms with van der Waals surface area (Å²) in [6.07, 6.45) is 0. The van der Waals surface area contributed by atoms with Gasteiger partial charge in [0.2, 0.25) is 0 Å². The Labute approximate surface area is 110 Å². The SMILES string of the molecule is O=C(NCc1ccccc1)c1cccc([As])c1. The number of hydrogen-bond donors (Lipinski definition) is 1. The Bertz CT molecular complexity index is 511. The molecular formula is C14H12AsNO. The van der Waals surface area contributed by atoms with E-state index < -0.39 is 0 Å². The third-order valence-corrected chi connectivity index (χ3v) is 2.99. The second kappa shape index (κ2) is 5.69. The van der Waals surface area contributed by atoms with Gasteiger partial charge in [-0.2, -0.15) is 0 Å². The molecule has 0 aliphatic rings. The van der Waals surface area contributed by atoms with Crippen LogP contribution in [0.3, 0.4) is 0 Å². The molecule has 0 saturated heterocycles. The molecule has 2 rings (SSSR count). The number of hydrogen-bond acceptors (Lipinski definition) is 1. The van der Waals surface area contributed by atoms with E-state index in [1.807, 2.05) is 54.6 Å². The third kappa shape index (κ3) is 3.47. The van der Waals surface area contributed by atoms with Gasteiger partial charge in [0.05, 0.1) is 0 Å². The molecule has 2 nitrogen and oxygen atoms in total. The van der Waals surface area contributed by atoms with Gasteiger partial charge in [-0.3, -0.25) is 0 Å². The van der Waals surface area contributed by atoms with Crippen molar-refractivity contribution in [3.8, 4) is 0 Å². The van der Waals surface area contributed by atoms with Crippen LogP contribution in [0.2, 0.25) is 0 Å². The van der Waals surface area contributed by atoms with E-state index in [4.69, 9.17) is 0 Å². The second-order valence-corrected chi connectivity index (χ2v) is 4.80. The van der Waals surface area contributed by atoms with E-state index in [2.05, 4.69) is 22.2 Å². The van der Waals surface area contributed by atoms with Crippen molar-refractivity contribution in [2.75, 3.05) is 0 Å². The first kappa shape index (κ1) is 11.9. The molecule has 2 aromatic rings. The van der Waals surface area contributed by atoms with Crippen LogP contribution < -0.4 is 9.67 Å². The zero-order chi connectivity index (χ0) is 12.1. The quantitative estimate of drug-likeness (QED) is 0.849. The van der Waals surface area contributed by atoms with Crippen LogP contribution in [0, 0.1) is 0 Å². The minimum absolute atomic E-state index is 0.0400. The fourth-order valence-electron chi connectivity index (χ4n) is 1.53. The molecule has 0 unspecified atom stereocenters. The van der Waals surface area contributed by atoms with Gasteiger partial charge in [-0.05, 0) is 0 Å². The molecule has 84 valence electrons. The van der Waals surface area contributed by atoms with Gasteiger partial charge in [-0.1, -0.05) is 0 Å². The van der Waals surface area contributed by atoms with Crippen molar-refractivity contribution < 1.29 is 4.79 Å². The molecule has 0 saturated carbocycles. The minimum atomic E-state index is -0.0400. The van der Waals surface area contributed by atoms with Crippen molar-refractivity contribution in [3.63, 3.8) is 0 Å². The maximum absolute atomic E-state index is 11.9. The molecule has 0 fully saturated rings. The number of nitrogens with one attached hydrogen (secondary N) is 1. The summed E-state index contributed by atoms with van der Waals surface area (Å²) in [5.74, 6) is -0.0400. The van der Waals surface area contributed by atoms with E-state index in [9.17, 15) is 4.79 Å². The summed E-state index contributed by atoms with van der Waals surface area (Å²) in [5.41, 5.74) is 1.79. The van der Waals surface area contributed by atoms with Crippen LogP contribution in [-0.4, -0.2) is 22.8 Å². The van der Waals surface area contributed by atoms with Crippen molar-refractivity contribution >= 4 is 27.1 Å². The summed E-state index contributed by atoms with van der Waals surface area (Å²) in [5, 5.41) is 2.90. The average molecular weight is 285 g/mol. The molecule has 3 heteroatoms. The average Bonchev–Trinajstić information content (AvgIpc) is 2.37. The van der Waals surface area contributed by atoms with Crippen LogP contribution >= 0.6 is 0 Å². The molecule has 0 aromatic heterocycles. The van der Waals surface area contributed by atoms with Gasteiger partial charge in [0, 0.05) is 0 Å². The van der Waals surface area contributed by atoms with Crippen molar-refractivity contribution in [1.82, 2.24) is 5.32 Å². The van der Waals surface area contributed by atoms with E-state index in [0.717, 1.165) is 9.91 Å². The van der Waals surface area contributed by atoms with Gasteiger partial charge in [0.15, 0.2) is 0 Å². The molecule has 0 aliphatic heterocycles. The van der Waals surface area contributed by atoms with E-state index in [-0.39, 0.29) is 5.91 Å². The molecule has 0 atom stereocenters. The molecule has 17 heavy (non-hydrogen) atoms. The van der Waals surface area contributed by atoms with Crippen molar-refractivity contribution in [1.29, 1.82) is 0 Å². The number of carbonyl (C=O) groups excluding carboxylic acids is 1. The van der Waals surface area contributed by atoms with Crippen molar-refractivity contribution in [2.45, 2.75) is 6.54 Å². The summed E-state index contributed by atoms with van der Waals surface area (Å²) in [4.78, 5) is 11.9. The molecule has 0 spiro atoms. The van der Waals surface area contributed by atoms with Crippen LogP contribution in [-0.2, 0) is 6.54 Å². The number of carbonyl (C=O) groups is 1. The number of benzene rings is 2. The predicted octanol–water partition coefficient (Wildman–Crippen LogP) is 1.41. The standard InChI is InChI=1S/C14H12AsNO/c15-13-8-4-7-12(9-13)14(17)16-10-11-5-2-1-3-6-11/h1-9H,10H2,(H,16,17). The van der Waals surface area contributed by atoms with E-state index >= 15 is 0 Å². The first-order valence-corrected chi connectivity index (χ1v) is 6.31. The molecule has 2 radical (unpaired) electrons. The second-order valence-electron chi connectivity index (χ2n) is 3.72. The van der Waals surface area contributed by atoms with Crippen LogP contribution in [0.25, 0.3) is 0 Å². The number of rotatable bonds is 3. The predicted molar refractivity (Wildman–Crippen MR) is 69.4 cm³/mol. The summed E-state index contributed by atoms with van der Waals surface area (Å²) in [6.45, 7) is 0.558. The van der Waals surface area contributed by atoms with Gasteiger partial charge in [-0.25, -0.2) is 0 Å². The third-order valence-electron chi connectivity index (χ3n) is 2.40. The molecule has 1 N–H and O–H groups in total. The first-order valence-electron chi connectivity index (χ1n) is 5.37. The fraction of sp³-hybridized carbons (Fsp3) is 0.0714. The van der Waals surface area contributed by atoms with Gasteiger partial charge >= 0.3 is 109 Å². The van der Waals surface area contributed by atoms with E-state index in [1.165, 1.54) is 0 Å². The molecule has 1 amide bonds. The van der Waals surface area contributed by atoms with Crippen LogP contribution in [0.15, 0.2) is 54.6 Å². The zero-order valence-corrected chi connectivity index (χ0v) is 11.1. The van der Waals surface area contributed by atoms with Gasteiger partial charge < -0.3 is 0 Å². The van der Waals surface area contributed by atoms with Crippen LogP contribution in [0.1, 0.15) is 15.9 Å². The van der Waals surface area contributed by atoms with Crippen molar-refractivity contribution in [3.05, 3.63) is 65.7 Å². The Morgan fingerprint density at radius 2 is 1.82 bits per heavy atom. The summed E-state index contributed by atoms with van der Waals surface area (Å²) < 4.78 is 1.03. The van der Waals surface area contributed by atoms with Gasteiger partial charge in [0.1, 0.15) is 0 Å². The molecular weight excluding hydrogens is 273 g/mol. The topological polar surface area (TPSA) is 29.1 Å².